The summed E-state index contributed by atoms with van der Waals surface area (Å²) in [6, 6.07) is 9.92. The number of anilines is 1. The Bertz CT molecular complexity index is 682. The number of nitrogens with zero attached hydrogens (tertiary/aromatic N) is 2. The second-order valence-electron chi connectivity index (χ2n) is 5.11. The van der Waals surface area contributed by atoms with Crippen molar-refractivity contribution in [2.75, 3.05) is 4.90 Å². The number of hydrogen-bond acceptors (Lipinski definition) is 2. The Morgan fingerprint density at radius 1 is 1.05 bits per heavy atom. The molecule has 1 aliphatic rings. The number of imide groups is 1. The predicted octanol–water partition coefficient (Wildman–Crippen LogP) is 2.83. The van der Waals surface area contributed by atoms with Crippen molar-refractivity contribution in [2.24, 2.45) is 0 Å². The van der Waals surface area contributed by atoms with E-state index in [0.717, 1.165) is 11.1 Å². The fourth-order valence-electron chi connectivity index (χ4n) is 2.49. The van der Waals surface area contributed by atoms with Gasteiger partial charge in [-0.1, -0.05) is 36.9 Å². The van der Waals surface area contributed by atoms with Crippen molar-refractivity contribution < 1.29 is 9.59 Å². The van der Waals surface area contributed by atoms with Crippen LogP contribution in [-0.2, 0) is 16.1 Å². The lowest BCUT2D eigenvalue weighted by molar-refractivity contribution is -0.121. The summed E-state index contributed by atoms with van der Waals surface area (Å²) in [5.74, 6) is -0.235. The molecule has 3 rings (SSSR count). The molecule has 1 aromatic heterocycles. The summed E-state index contributed by atoms with van der Waals surface area (Å²) in [5, 5.41) is 0. The van der Waals surface area contributed by atoms with Gasteiger partial charge in [0.1, 0.15) is 0 Å². The number of carbonyl (C=O) groups excluding carboxylic acids is 2. The highest BCUT2D eigenvalue weighted by atomic mass is 16.2. The molecule has 0 N–H and O–H groups in total. The van der Waals surface area contributed by atoms with Crippen molar-refractivity contribution in [3.63, 3.8) is 0 Å². The standard InChI is InChI=1S/C17H16N2O2/c1-2-13-3-5-14(6-4-13)11-18-10-9-15(12-18)19-16(20)7-8-17(19)21/h2-6,9-10,12H,1,7-8,11H2. The van der Waals surface area contributed by atoms with Crippen LogP contribution in [-0.4, -0.2) is 16.4 Å². The van der Waals surface area contributed by atoms with Crippen molar-refractivity contribution in [3.8, 4) is 0 Å². The molecule has 0 bridgehead atoms. The summed E-state index contributed by atoms with van der Waals surface area (Å²) in [4.78, 5) is 24.7. The van der Waals surface area contributed by atoms with Crippen LogP contribution < -0.4 is 4.90 Å². The molecule has 0 spiro atoms. The normalized spacial score (nSPS) is 14.8. The molecule has 2 heterocycles. The largest absolute Gasteiger partial charge is 0.348 e. The van der Waals surface area contributed by atoms with Gasteiger partial charge in [0.15, 0.2) is 0 Å². The fourth-order valence-corrected chi connectivity index (χ4v) is 2.49. The molecule has 4 nitrogen and oxygen atoms in total. The number of benzene rings is 1. The molecule has 1 saturated heterocycles. The number of aromatic nitrogens is 1. The van der Waals surface area contributed by atoms with Gasteiger partial charge in [-0.25, -0.2) is 4.90 Å². The van der Waals surface area contributed by atoms with Gasteiger partial charge in [-0.15, -0.1) is 0 Å². The molecule has 21 heavy (non-hydrogen) atoms. The second kappa shape index (κ2) is 5.40. The average Bonchev–Trinajstić information content (AvgIpc) is 3.06. The molecular weight excluding hydrogens is 264 g/mol. The quantitative estimate of drug-likeness (QED) is 0.808. The van der Waals surface area contributed by atoms with Crippen LogP contribution in [0.2, 0.25) is 0 Å². The van der Waals surface area contributed by atoms with E-state index in [4.69, 9.17) is 0 Å². The third-order valence-electron chi connectivity index (χ3n) is 3.63. The minimum atomic E-state index is -0.118. The lowest BCUT2D eigenvalue weighted by atomic mass is 10.1. The molecule has 1 fully saturated rings. The molecule has 106 valence electrons. The Labute approximate surface area is 123 Å². The molecular formula is C17H16N2O2. The maximum Gasteiger partial charge on any atom is 0.234 e. The van der Waals surface area contributed by atoms with Crippen LogP contribution in [0.25, 0.3) is 6.08 Å². The van der Waals surface area contributed by atoms with Crippen molar-refractivity contribution >= 4 is 23.6 Å². The Balaban J connectivity index is 1.77. The van der Waals surface area contributed by atoms with Crippen molar-refractivity contribution in [1.82, 2.24) is 4.57 Å². The van der Waals surface area contributed by atoms with Crippen LogP contribution in [0.3, 0.4) is 0 Å². The molecule has 0 radical (unpaired) electrons. The topological polar surface area (TPSA) is 42.3 Å². The molecule has 0 aliphatic carbocycles. The molecule has 1 aromatic carbocycles. The summed E-state index contributed by atoms with van der Waals surface area (Å²) < 4.78 is 1.97. The lowest BCUT2D eigenvalue weighted by Crippen LogP contribution is -2.28. The smallest absolute Gasteiger partial charge is 0.234 e. The van der Waals surface area contributed by atoms with E-state index in [9.17, 15) is 9.59 Å². The molecule has 1 aliphatic heterocycles. The van der Waals surface area contributed by atoms with Gasteiger partial charge in [-0.3, -0.25) is 9.59 Å². The van der Waals surface area contributed by atoms with E-state index in [1.807, 2.05) is 47.3 Å². The first-order chi connectivity index (χ1) is 10.2. The van der Waals surface area contributed by atoms with Crippen LogP contribution in [0, 0.1) is 0 Å². The van der Waals surface area contributed by atoms with E-state index in [1.54, 1.807) is 6.07 Å². The zero-order chi connectivity index (χ0) is 14.8. The highest BCUT2D eigenvalue weighted by molar-refractivity contribution is 6.19. The summed E-state index contributed by atoms with van der Waals surface area (Å²) in [6.07, 6.45) is 6.15. The van der Waals surface area contributed by atoms with Gasteiger partial charge >= 0.3 is 0 Å². The van der Waals surface area contributed by atoms with Gasteiger partial charge in [0.2, 0.25) is 11.8 Å². The number of carbonyl (C=O) groups is 2. The van der Waals surface area contributed by atoms with Crippen molar-refractivity contribution in [3.05, 3.63) is 60.4 Å². The van der Waals surface area contributed by atoms with E-state index in [2.05, 4.69) is 6.58 Å². The molecule has 0 unspecified atom stereocenters. The zero-order valence-corrected chi connectivity index (χ0v) is 11.7. The number of rotatable bonds is 4. The van der Waals surface area contributed by atoms with Crippen LogP contribution in [0.4, 0.5) is 5.69 Å². The zero-order valence-electron chi connectivity index (χ0n) is 11.7. The van der Waals surface area contributed by atoms with E-state index in [0.29, 0.717) is 25.1 Å². The Morgan fingerprint density at radius 2 is 1.71 bits per heavy atom. The molecule has 2 amide bonds. The van der Waals surface area contributed by atoms with Gasteiger partial charge in [0.25, 0.3) is 0 Å². The second-order valence-corrected chi connectivity index (χ2v) is 5.11. The van der Waals surface area contributed by atoms with Gasteiger partial charge in [-0.05, 0) is 17.2 Å². The van der Waals surface area contributed by atoms with E-state index >= 15 is 0 Å². The SMILES string of the molecule is C=Cc1ccc(Cn2ccc(N3C(=O)CCC3=O)c2)cc1. The maximum atomic E-state index is 11.7. The van der Waals surface area contributed by atoms with Crippen molar-refractivity contribution in [2.45, 2.75) is 19.4 Å². The van der Waals surface area contributed by atoms with Crippen molar-refractivity contribution in [1.29, 1.82) is 0 Å². The van der Waals surface area contributed by atoms with Crippen LogP contribution in [0.15, 0.2) is 49.3 Å². The fraction of sp³-hybridized carbons (Fsp3) is 0.176. The molecule has 0 saturated carbocycles. The highest BCUT2D eigenvalue weighted by Crippen LogP contribution is 2.23. The molecule has 0 atom stereocenters. The van der Waals surface area contributed by atoms with Crippen LogP contribution in [0.5, 0.6) is 0 Å². The Morgan fingerprint density at radius 3 is 2.33 bits per heavy atom. The first kappa shape index (κ1) is 13.4. The summed E-state index contributed by atoms with van der Waals surface area (Å²) in [6.45, 7) is 4.43. The Hall–Kier alpha value is -2.62. The van der Waals surface area contributed by atoms with Crippen LogP contribution in [0.1, 0.15) is 24.0 Å². The third-order valence-corrected chi connectivity index (χ3v) is 3.63. The molecule has 4 heteroatoms. The van der Waals surface area contributed by atoms with E-state index < -0.39 is 0 Å². The van der Waals surface area contributed by atoms with Crippen LogP contribution >= 0.6 is 0 Å². The number of hydrogen-bond donors (Lipinski definition) is 0. The van der Waals surface area contributed by atoms with Gasteiger partial charge in [0.05, 0.1) is 5.69 Å². The number of amides is 2. The Kier molecular flexibility index (Phi) is 3.44. The van der Waals surface area contributed by atoms with Gasteiger partial charge in [-0.2, -0.15) is 0 Å². The first-order valence-corrected chi connectivity index (χ1v) is 6.90. The van der Waals surface area contributed by atoms with E-state index in [1.165, 1.54) is 4.90 Å². The summed E-state index contributed by atoms with van der Waals surface area (Å²) in [5.41, 5.74) is 2.90. The predicted molar refractivity (Wildman–Crippen MR) is 81.8 cm³/mol. The van der Waals surface area contributed by atoms with Gasteiger partial charge < -0.3 is 4.57 Å². The third kappa shape index (κ3) is 2.65. The first-order valence-electron chi connectivity index (χ1n) is 6.90. The lowest BCUT2D eigenvalue weighted by Gasteiger charge is -2.11. The highest BCUT2D eigenvalue weighted by Gasteiger charge is 2.30. The minimum absolute atomic E-state index is 0.118. The minimum Gasteiger partial charge on any atom is -0.348 e. The monoisotopic (exact) mass is 280 g/mol. The summed E-state index contributed by atoms with van der Waals surface area (Å²) >= 11 is 0. The van der Waals surface area contributed by atoms with E-state index in [-0.39, 0.29) is 11.8 Å². The maximum absolute atomic E-state index is 11.7. The summed E-state index contributed by atoms with van der Waals surface area (Å²) in [7, 11) is 0. The molecule has 2 aromatic rings. The average molecular weight is 280 g/mol. The van der Waals surface area contributed by atoms with Gasteiger partial charge in [0, 0.05) is 31.8 Å².